The fraction of sp³-hybridized carbons (Fsp3) is 0.351. The van der Waals surface area contributed by atoms with Gasteiger partial charge < -0.3 is 9.47 Å². The topological polar surface area (TPSA) is 52.6 Å². The maximum atomic E-state index is 12.7. The molecule has 1 atom stereocenters. The lowest BCUT2D eigenvalue weighted by Gasteiger charge is -2.13. The highest BCUT2D eigenvalue weighted by atomic mass is 16.5. The van der Waals surface area contributed by atoms with E-state index in [-0.39, 0.29) is 11.6 Å². The average Bonchev–Trinajstić information content (AvgIpc) is 3.03. The number of allylic oxidation sites excluding steroid dienone is 3. The third-order valence-corrected chi connectivity index (χ3v) is 5.25. The molecule has 3 aromatic carbocycles. The predicted molar refractivity (Wildman–Crippen MR) is 174 cm³/mol. The van der Waals surface area contributed by atoms with Crippen molar-refractivity contribution in [3.8, 4) is 17.2 Å². The fourth-order valence-corrected chi connectivity index (χ4v) is 3.33. The summed E-state index contributed by atoms with van der Waals surface area (Å²) in [6, 6.07) is 21.1. The first-order valence-electron chi connectivity index (χ1n) is 15.0. The molecule has 3 aromatic rings. The van der Waals surface area contributed by atoms with E-state index in [0.717, 1.165) is 17.9 Å². The molecule has 0 bridgehead atoms. The number of carbonyl (C=O) groups excluding carboxylic acids is 2. The normalized spacial score (nSPS) is 12.6. The first kappa shape index (κ1) is 37.1. The van der Waals surface area contributed by atoms with Gasteiger partial charge in [-0.15, -0.1) is 0 Å². The van der Waals surface area contributed by atoms with Gasteiger partial charge in [0, 0.05) is 16.7 Å². The van der Waals surface area contributed by atoms with E-state index in [4.69, 9.17) is 9.47 Å². The van der Waals surface area contributed by atoms with Crippen LogP contribution in [-0.2, 0) is 0 Å². The van der Waals surface area contributed by atoms with E-state index < -0.39 is 0 Å². The van der Waals surface area contributed by atoms with E-state index in [9.17, 15) is 9.59 Å². The molecule has 0 aromatic heterocycles. The Morgan fingerprint density at radius 3 is 1.41 bits per heavy atom. The van der Waals surface area contributed by atoms with E-state index in [1.54, 1.807) is 48.5 Å². The average molecular weight is 559 g/mol. The number of benzene rings is 3. The standard InChI is InChI=1S/C28H24O4.C3H8.3C2H6/c1-19-3-11-24(12-4-19)31-26-15-17-27(18-16-26)32-25-13-9-23(10-14-25)28(30)22-7-5-21(6-8-22)20(2)29;1-3-2;3*1-2/h3,5-19H,4H2,1-2H3;3H2,1-2H3;3*1-2H3. The summed E-state index contributed by atoms with van der Waals surface area (Å²) in [5.41, 5.74) is 1.68. The molecule has 4 nitrogen and oxygen atoms in total. The van der Waals surface area contributed by atoms with E-state index >= 15 is 0 Å². The molecule has 0 saturated carbocycles. The Morgan fingerprint density at radius 1 is 0.659 bits per heavy atom. The van der Waals surface area contributed by atoms with Crippen molar-refractivity contribution < 1.29 is 19.1 Å². The van der Waals surface area contributed by atoms with Crippen molar-refractivity contribution in [1.82, 2.24) is 0 Å². The zero-order chi connectivity index (χ0) is 31.2. The lowest BCUT2D eigenvalue weighted by molar-refractivity contribution is 0.101. The minimum Gasteiger partial charge on any atom is -0.458 e. The third-order valence-electron chi connectivity index (χ3n) is 5.25. The van der Waals surface area contributed by atoms with Crippen LogP contribution < -0.4 is 9.47 Å². The van der Waals surface area contributed by atoms with Crippen molar-refractivity contribution >= 4 is 11.6 Å². The van der Waals surface area contributed by atoms with Crippen LogP contribution in [0.15, 0.2) is 96.8 Å². The van der Waals surface area contributed by atoms with Gasteiger partial charge in [-0.05, 0) is 79.9 Å². The van der Waals surface area contributed by atoms with Crippen LogP contribution in [0, 0.1) is 5.92 Å². The molecule has 4 heteroatoms. The molecule has 0 amide bonds. The summed E-state index contributed by atoms with van der Waals surface area (Å²) in [5, 5.41) is 0. The fourth-order valence-electron chi connectivity index (χ4n) is 3.33. The molecule has 0 heterocycles. The van der Waals surface area contributed by atoms with Crippen LogP contribution in [0.2, 0.25) is 0 Å². The van der Waals surface area contributed by atoms with Crippen LogP contribution in [0.1, 0.15) is 108 Å². The van der Waals surface area contributed by atoms with Gasteiger partial charge in [0.2, 0.25) is 0 Å². The van der Waals surface area contributed by atoms with Gasteiger partial charge in [0.25, 0.3) is 0 Å². The molecule has 0 N–H and O–H groups in total. The van der Waals surface area contributed by atoms with Gasteiger partial charge in [0.1, 0.15) is 23.0 Å². The largest absolute Gasteiger partial charge is 0.458 e. The van der Waals surface area contributed by atoms with Crippen LogP contribution in [0.4, 0.5) is 0 Å². The maximum absolute atomic E-state index is 12.7. The molecule has 0 radical (unpaired) electrons. The van der Waals surface area contributed by atoms with Gasteiger partial charge in [-0.2, -0.15) is 0 Å². The first-order chi connectivity index (χ1) is 19.9. The van der Waals surface area contributed by atoms with Crippen molar-refractivity contribution in [1.29, 1.82) is 0 Å². The summed E-state index contributed by atoms with van der Waals surface area (Å²) in [4.78, 5) is 24.1. The third kappa shape index (κ3) is 13.3. The van der Waals surface area contributed by atoms with E-state index in [0.29, 0.717) is 34.1 Å². The van der Waals surface area contributed by atoms with Crippen molar-refractivity contribution in [3.05, 3.63) is 113 Å². The second-order valence-electron chi connectivity index (χ2n) is 8.55. The Kier molecular flexibility index (Phi) is 19.8. The quantitative estimate of drug-likeness (QED) is 0.271. The van der Waals surface area contributed by atoms with Crippen LogP contribution in [0.25, 0.3) is 0 Å². The number of hydrogen-bond donors (Lipinski definition) is 0. The van der Waals surface area contributed by atoms with E-state index in [1.165, 1.54) is 13.3 Å². The van der Waals surface area contributed by atoms with Crippen molar-refractivity contribution in [3.63, 3.8) is 0 Å². The summed E-state index contributed by atoms with van der Waals surface area (Å²) in [5.74, 6) is 3.34. The molecular weight excluding hydrogens is 508 g/mol. The highest BCUT2D eigenvalue weighted by molar-refractivity contribution is 6.09. The van der Waals surface area contributed by atoms with Gasteiger partial charge in [0.05, 0.1) is 0 Å². The molecule has 222 valence electrons. The van der Waals surface area contributed by atoms with Gasteiger partial charge in [-0.25, -0.2) is 0 Å². The number of hydrogen-bond acceptors (Lipinski definition) is 4. The monoisotopic (exact) mass is 558 g/mol. The summed E-state index contributed by atoms with van der Waals surface area (Å²) in [7, 11) is 0. The second-order valence-corrected chi connectivity index (χ2v) is 8.55. The second kappa shape index (κ2) is 21.8. The predicted octanol–water partition coefficient (Wildman–Crippen LogP) is 11.3. The number of rotatable bonds is 7. The minimum atomic E-state index is -0.103. The molecular formula is C37H50O4. The summed E-state index contributed by atoms with van der Waals surface area (Å²) in [6.07, 6.45) is 8.46. The number of carbonyl (C=O) groups is 2. The van der Waals surface area contributed by atoms with Crippen LogP contribution in [0.3, 0.4) is 0 Å². The lowest BCUT2D eigenvalue weighted by atomic mass is 10.0. The summed E-state index contributed by atoms with van der Waals surface area (Å²) < 4.78 is 11.8. The van der Waals surface area contributed by atoms with Crippen molar-refractivity contribution in [2.75, 3.05) is 0 Å². The van der Waals surface area contributed by atoms with E-state index in [1.807, 2.05) is 71.9 Å². The highest BCUT2D eigenvalue weighted by Crippen LogP contribution is 2.26. The van der Waals surface area contributed by atoms with E-state index in [2.05, 4.69) is 32.9 Å². The Bertz CT molecular complexity index is 1190. The van der Waals surface area contributed by atoms with Crippen molar-refractivity contribution in [2.45, 2.75) is 82.1 Å². The van der Waals surface area contributed by atoms with Crippen molar-refractivity contribution in [2.24, 2.45) is 5.92 Å². The highest BCUT2D eigenvalue weighted by Gasteiger charge is 2.11. The summed E-state index contributed by atoms with van der Waals surface area (Å²) >= 11 is 0. The molecule has 1 aliphatic carbocycles. The van der Waals surface area contributed by atoms with Crippen LogP contribution in [-0.4, -0.2) is 11.6 Å². The van der Waals surface area contributed by atoms with Gasteiger partial charge in [-0.1, -0.05) is 99.1 Å². The summed E-state index contributed by atoms with van der Waals surface area (Å²) in [6.45, 7) is 19.9. The van der Waals surface area contributed by atoms with Gasteiger partial charge in [0.15, 0.2) is 11.6 Å². The zero-order valence-electron chi connectivity index (χ0n) is 26.8. The minimum absolute atomic E-state index is 0.0253. The molecule has 1 aliphatic rings. The van der Waals surface area contributed by atoms with Gasteiger partial charge in [-0.3, -0.25) is 9.59 Å². The Morgan fingerprint density at radius 2 is 1.02 bits per heavy atom. The number of Topliss-reactive ketones (excluding diaryl/α,β-unsaturated/α-hetero) is 1. The Labute approximate surface area is 249 Å². The number of ether oxygens (including phenoxy) is 2. The molecule has 0 fully saturated rings. The number of ketones is 2. The zero-order valence-corrected chi connectivity index (χ0v) is 26.8. The molecule has 1 unspecified atom stereocenters. The first-order valence-corrected chi connectivity index (χ1v) is 15.0. The van der Waals surface area contributed by atoms with Crippen LogP contribution >= 0.6 is 0 Å². The molecule has 0 spiro atoms. The molecule has 0 saturated heterocycles. The Balaban J connectivity index is 0.00000161. The maximum Gasteiger partial charge on any atom is 0.193 e. The lowest BCUT2D eigenvalue weighted by Crippen LogP contribution is -2.02. The van der Waals surface area contributed by atoms with Crippen LogP contribution in [0.5, 0.6) is 17.2 Å². The molecule has 4 rings (SSSR count). The SMILES string of the molecule is CC.CC.CC.CC(=O)c1ccc(C(=O)c2ccc(Oc3ccc(OC4=CCC(C)C=C4)cc3)cc2)cc1.CCC. The molecule has 0 aliphatic heterocycles. The Hall–Kier alpha value is -3.92. The smallest absolute Gasteiger partial charge is 0.193 e. The molecule has 41 heavy (non-hydrogen) atoms. The van der Waals surface area contributed by atoms with Gasteiger partial charge >= 0.3 is 0 Å².